The van der Waals surface area contributed by atoms with Crippen molar-refractivity contribution < 1.29 is 4.79 Å². The quantitative estimate of drug-likeness (QED) is 0.586. The highest BCUT2D eigenvalue weighted by molar-refractivity contribution is 5.89. The number of anilines is 1. The van der Waals surface area contributed by atoms with Gasteiger partial charge >= 0.3 is 0 Å². The highest BCUT2D eigenvalue weighted by Gasteiger charge is 2.03. The molecule has 0 aliphatic heterocycles. The van der Waals surface area contributed by atoms with Crippen LogP contribution >= 0.6 is 0 Å². The van der Waals surface area contributed by atoms with Gasteiger partial charge in [0.05, 0.1) is 5.52 Å². The third-order valence-corrected chi connectivity index (χ3v) is 2.98. The minimum absolute atomic E-state index is 0.666. The monoisotopic (exact) mass is 258 g/mol. The van der Waals surface area contributed by atoms with Crippen LogP contribution < -0.4 is 10.6 Å². The Morgan fingerprint density at radius 3 is 2.95 bits per heavy atom. The maximum absolute atomic E-state index is 10.1. The standard InChI is InChI=1S/C14H18N4O/c1-2-11-4-5-13-12(8-11)14(18-9-17-13)16-7-3-6-15-10-19/h4-5,8-10H,2-3,6-7H2,1H3,(H,15,19)(H,16,17,18). The molecule has 0 spiro atoms. The summed E-state index contributed by atoms with van der Waals surface area (Å²) in [5.41, 5.74) is 2.22. The number of nitrogens with one attached hydrogen (secondary N) is 2. The van der Waals surface area contributed by atoms with Gasteiger partial charge < -0.3 is 10.6 Å². The third-order valence-electron chi connectivity index (χ3n) is 2.98. The third kappa shape index (κ3) is 3.40. The molecule has 0 atom stereocenters. The molecule has 0 radical (unpaired) electrons. The Labute approximate surface area is 112 Å². The molecule has 2 aromatic rings. The van der Waals surface area contributed by atoms with E-state index in [-0.39, 0.29) is 0 Å². The first-order valence-electron chi connectivity index (χ1n) is 6.49. The number of nitrogens with zero attached hydrogens (tertiary/aromatic N) is 2. The zero-order chi connectivity index (χ0) is 13.5. The molecule has 0 fully saturated rings. The molecule has 2 N–H and O–H groups in total. The number of rotatable bonds is 7. The van der Waals surface area contributed by atoms with Crippen LogP contribution in [0.25, 0.3) is 10.9 Å². The summed E-state index contributed by atoms with van der Waals surface area (Å²) in [6, 6.07) is 6.24. The van der Waals surface area contributed by atoms with Crippen molar-refractivity contribution in [2.75, 3.05) is 18.4 Å². The van der Waals surface area contributed by atoms with E-state index in [2.05, 4.69) is 39.7 Å². The topological polar surface area (TPSA) is 66.9 Å². The van der Waals surface area contributed by atoms with Crippen molar-refractivity contribution >= 4 is 23.1 Å². The minimum atomic E-state index is 0.666. The smallest absolute Gasteiger partial charge is 0.207 e. The van der Waals surface area contributed by atoms with E-state index in [1.807, 2.05) is 6.07 Å². The zero-order valence-electron chi connectivity index (χ0n) is 11.0. The highest BCUT2D eigenvalue weighted by Crippen LogP contribution is 2.20. The first kappa shape index (κ1) is 13.3. The summed E-state index contributed by atoms with van der Waals surface area (Å²) in [6.45, 7) is 3.56. The summed E-state index contributed by atoms with van der Waals surface area (Å²) in [5.74, 6) is 0.853. The number of carbonyl (C=O) groups is 1. The van der Waals surface area contributed by atoms with Gasteiger partial charge in [0.15, 0.2) is 0 Å². The van der Waals surface area contributed by atoms with Crippen LogP contribution in [0.1, 0.15) is 18.9 Å². The maximum atomic E-state index is 10.1. The molecule has 100 valence electrons. The molecule has 1 amide bonds. The Kier molecular flexibility index (Phi) is 4.66. The SMILES string of the molecule is CCc1ccc2ncnc(NCCCNC=O)c2c1. The van der Waals surface area contributed by atoms with Crippen LogP contribution in [0.15, 0.2) is 24.5 Å². The van der Waals surface area contributed by atoms with Crippen LogP contribution in [0.2, 0.25) is 0 Å². The van der Waals surface area contributed by atoms with Crippen molar-refractivity contribution in [3.8, 4) is 0 Å². The van der Waals surface area contributed by atoms with Crippen LogP contribution in [0.5, 0.6) is 0 Å². The minimum Gasteiger partial charge on any atom is -0.369 e. The molecule has 0 saturated carbocycles. The van der Waals surface area contributed by atoms with Crippen molar-refractivity contribution in [3.63, 3.8) is 0 Å². The predicted octanol–water partition coefficient (Wildman–Crippen LogP) is 1.74. The molecule has 0 bridgehead atoms. The van der Waals surface area contributed by atoms with Crippen molar-refractivity contribution in [2.45, 2.75) is 19.8 Å². The lowest BCUT2D eigenvalue weighted by Gasteiger charge is -2.09. The molecule has 2 rings (SSSR count). The highest BCUT2D eigenvalue weighted by atomic mass is 16.1. The summed E-state index contributed by atoms with van der Waals surface area (Å²) in [7, 11) is 0. The number of aryl methyl sites for hydroxylation is 1. The Morgan fingerprint density at radius 2 is 2.16 bits per heavy atom. The van der Waals surface area contributed by atoms with Gasteiger partial charge in [-0.2, -0.15) is 0 Å². The lowest BCUT2D eigenvalue weighted by Crippen LogP contribution is -2.16. The fourth-order valence-corrected chi connectivity index (χ4v) is 1.92. The van der Waals surface area contributed by atoms with E-state index in [1.165, 1.54) is 5.56 Å². The second-order valence-corrected chi connectivity index (χ2v) is 4.28. The fourth-order valence-electron chi connectivity index (χ4n) is 1.92. The lowest BCUT2D eigenvalue weighted by atomic mass is 10.1. The van der Waals surface area contributed by atoms with Crippen LogP contribution in [0.4, 0.5) is 5.82 Å². The Balaban J connectivity index is 2.10. The Hall–Kier alpha value is -2.17. The molecule has 1 aromatic carbocycles. The molecule has 0 unspecified atom stereocenters. The Morgan fingerprint density at radius 1 is 1.26 bits per heavy atom. The maximum Gasteiger partial charge on any atom is 0.207 e. The average Bonchev–Trinajstić information content (AvgIpc) is 2.46. The number of fused-ring (bicyclic) bond motifs is 1. The van der Waals surface area contributed by atoms with Crippen LogP contribution in [0, 0.1) is 0 Å². The summed E-state index contributed by atoms with van der Waals surface area (Å²) in [6.07, 6.45) is 4.14. The van der Waals surface area contributed by atoms with Gasteiger partial charge in [-0.05, 0) is 30.5 Å². The number of benzene rings is 1. The lowest BCUT2D eigenvalue weighted by molar-refractivity contribution is -0.109. The number of hydrogen-bond donors (Lipinski definition) is 2. The molecule has 5 heteroatoms. The summed E-state index contributed by atoms with van der Waals surface area (Å²) < 4.78 is 0. The van der Waals surface area contributed by atoms with Gasteiger partial charge in [-0.1, -0.05) is 13.0 Å². The largest absolute Gasteiger partial charge is 0.369 e. The second kappa shape index (κ2) is 6.68. The van der Waals surface area contributed by atoms with Crippen molar-refractivity contribution in [3.05, 3.63) is 30.1 Å². The summed E-state index contributed by atoms with van der Waals surface area (Å²) >= 11 is 0. The zero-order valence-corrected chi connectivity index (χ0v) is 11.0. The van der Waals surface area contributed by atoms with Gasteiger partial charge in [0.25, 0.3) is 0 Å². The normalized spacial score (nSPS) is 10.4. The van der Waals surface area contributed by atoms with Crippen molar-refractivity contribution in [2.24, 2.45) is 0 Å². The molecular weight excluding hydrogens is 240 g/mol. The molecule has 1 aromatic heterocycles. The van der Waals surface area contributed by atoms with Gasteiger partial charge in [0.1, 0.15) is 12.1 Å². The summed E-state index contributed by atoms with van der Waals surface area (Å²) in [4.78, 5) is 18.7. The molecule has 19 heavy (non-hydrogen) atoms. The number of carbonyl (C=O) groups excluding carboxylic acids is 1. The average molecular weight is 258 g/mol. The van der Waals surface area contributed by atoms with Crippen LogP contribution in [-0.4, -0.2) is 29.5 Å². The van der Waals surface area contributed by atoms with E-state index in [4.69, 9.17) is 0 Å². The number of aromatic nitrogens is 2. The molecule has 0 aliphatic rings. The van der Waals surface area contributed by atoms with E-state index in [0.29, 0.717) is 13.0 Å². The number of hydrogen-bond acceptors (Lipinski definition) is 4. The van der Waals surface area contributed by atoms with Crippen molar-refractivity contribution in [1.82, 2.24) is 15.3 Å². The van der Waals surface area contributed by atoms with Crippen LogP contribution in [-0.2, 0) is 11.2 Å². The van der Waals surface area contributed by atoms with Crippen LogP contribution in [0.3, 0.4) is 0 Å². The number of amides is 1. The van der Waals surface area contributed by atoms with Gasteiger partial charge in [-0.15, -0.1) is 0 Å². The molecule has 1 heterocycles. The van der Waals surface area contributed by atoms with Gasteiger partial charge in [-0.25, -0.2) is 9.97 Å². The van der Waals surface area contributed by atoms with Gasteiger partial charge in [0, 0.05) is 18.5 Å². The molecule has 5 nitrogen and oxygen atoms in total. The van der Waals surface area contributed by atoms with E-state index in [1.54, 1.807) is 6.33 Å². The first-order valence-corrected chi connectivity index (χ1v) is 6.49. The molecule has 0 saturated heterocycles. The van der Waals surface area contributed by atoms with E-state index in [0.717, 1.165) is 36.1 Å². The molecule has 0 aliphatic carbocycles. The second-order valence-electron chi connectivity index (χ2n) is 4.28. The van der Waals surface area contributed by atoms with E-state index >= 15 is 0 Å². The van der Waals surface area contributed by atoms with E-state index in [9.17, 15) is 4.79 Å². The molecular formula is C14H18N4O. The predicted molar refractivity (Wildman–Crippen MR) is 76.1 cm³/mol. The van der Waals surface area contributed by atoms with E-state index < -0.39 is 0 Å². The van der Waals surface area contributed by atoms with Gasteiger partial charge in [0.2, 0.25) is 6.41 Å². The fraction of sp³-hybridized carbons (Fsp3) is 0.357. The first-order chi connectivity index (χ1) is 9.35. The van der Waals surface area contributed by atoms with Crippen molar-refractivity contribution in [1.29, 1.82) is 0 Å². The summed E-state index contributed by atoms with van der Waals surface area (Å²) in [5, 5.41) is 6.97. The Bertz CT molecular complexity index is 556. The van der Waals surface area contributed by atoms with Gasteiger partial charge in [-0.3, -0.25) is 4.79 Å².